The standard InChI is InChI=1S/C20H27N3O5/c1-2-22(16-6-4-3-5-7-16)19(24)13-28-20(25)14-8-11-17(21-15-9-10-15)18(12-14)23(26)27/h8,11-12,15-16,21H,2-7,9-10,13H2,1H3. The van der Waals surface area contributed by atoms with Gasteiger partial charge >= 0.3 is 5.97 Å². The lowest BCUT2D eigenvalue weighted by atomic mass is 9.94. The summed E-state index contributed by atoms with van der Waals surface area (Å²) in [6.07, 6.45) is 7.35. The summed E-state index contributed by atoms with van der Waals surface area (Å²) in [6, 6.07) is 4.68. The van der Waals surface area contributed by atoms with Crippen LogP contribution < -0.4 is 5.32 Å². The van der Waals surface area contributed by atoms with Gasteiger partial charge in [0.2, 0.25) is 0 Å². The molecule has 3 rings (SSSR count). The normalized spacial score (nSPS) is 17.0. The van der Waals surface area contributed by atoms with Gasteiger partial charge in [0.05, 0.1) is 10.5 Å². The fourth-order valence-electron chi connectivity index (χ4n) is 3.70. The van der Waals surface area contributed by atoms with Crippen LogP contribution in [0.15, 0.2) is 18.2 Å². The van der Waals surface area contributed by atoms with Crippen LogP contribution in [0.5, 0.6) is 0 Å². The summed E-state index contributed by atoms with van der Waals surface area (Å²) < 4.78 is 5.16. The highest BCUT2D eigenvalue weighted by atomic mass is 16.6. The first-order valence-electron chi connectivity index (χ1n) is 10.0. The van der Waals surface area contributed by atoms with Crippen LogP contribution in [0.1, 0.15) is 62.2 Å². The van der Waals surface area contributed by atoms with Gasteiger partial charge in [-0.15, -0.1) is 0 Å². The third-order valence-electron chi connectivity index (χ3n) is 5.37. The van der Waals surface area contributed by atoms with Crippen molar-refractivity contribution >= 4 is 23.3 Å². The molecule has 1 amide bonds. The molecule has 0 aromatic heterocycles. The summed E-state index contributed by atoms with van der Waals surface area (Å²) in [5.41, 5.74) is 0.307. The van der Waals surface area contributed by atoms with E-state index in [4.69, 9.17) is 4.74 Å². The summed E-state index contributed by atoms with van der Waals surface area (Å²) in [7, 11) is 0. The Balaban J connectivity index is 1.61. The van der Waals surface area contributed by atoms with E-state index < -0.39 is 10.9 Å². The van der Waals surface area contributed by atoms with Gasteiger partial charge in [-0.2, -0.15) is 0 Å². The number of carbonyl (C=O) groups is 2. The van der Waals surface area contributed by atoms with Crippen molar-refractivity contribution < 1.29 is 19.2 Å². The first-order chi connectivity index (χ1) is 13.5. The molecule has 2 saturated carbocycles. The maximum atomic E-state index is 12.5. The number of nitro benzene ring substituents is 1. The van der Waals surface area contributed by atoms with Crippen molar-refractivity contribution in [1.29, 1.82) is 0 Å². The molecule has 1 aromatic carbocycles. The number of hydrogen-bond acceptors (Lipinski definition) is 6. The minimum atomic E-state index is -0.728. The van der Waals surface area contributed by atoms with Gasteiger partial charge < -0.3 is 15.0 Å². The van der Waals surface area contributed by atoms with E-state index in [1.807, 2.05) is 6.92 Å². The van der Waals surface area contributed by atoms with Crippen LogP contribution in [0.2, 0.25) is 0 Å². The summed E-state index contributed by atoms with van der Waals surface area (Å²) in [6.45, 7) is 2.15. The zero-order valence-electron chi connectivity index (χ0n) is 16.2. The molecule has 152 valence electrons. The summed E-state index contributed by atoms with van der Waals surface area (Å²) in [5.74, 6) is -0.946. The first-order valence-corrected chi connectivity index (χ1v) is 10.0. The third-order valence-corrected chi connectivity index (χ3v) is 5.37. The molecular formula is C20H27N3O5. The second kappa shape index (κ2) is 9.03. The van der Waals surface area contributed by atoms with Gasteiger partial charge in [0.1, 0.15) is 5.69 Å². The average molecular weight is 389 g/mol. The van der Waals surface area contributed by atoms with Crippen molar-refractivity contribution in [3.63, 3.8) is 0 Å². The maximum Gasteiger partial charge on any atom is 0.338 e. The van der Waals surface area contributed by atoms with Crippen molar-refractivity contribution in [2.45, 2.75) is 64.0 Å². The van der Waals surface area contributed by atoms with Crippen LogP contribution in [0, 0.1) is 10.1 Å². The van der Waals surface area contributed by atoms with Crippen LogP contribution in [0.4, 0.5) is 11.4 Å². The first kappa shape index (κ1) is 20.1. The Hall–Kier alpha value is -2.64. The monoisotopic (exact) mass is 389 g/mol. The van der Waals surface area contributed by atoms with Gasteiger partial charge in [-0.05, 0) is 44.7 Å². The van der Waals surface area contributed by atoms with Crippen LogP contribution in [0.3, 0.4) is 0 Å². The van der Waals surface area contributed by atoms with E-state index in [1.165, 1.54) is 24.6 Å². The summed E-state index contributed by atoms with van der Waals surface area (Å²) in [4.78, 5) is 37.4. The van der Waals surface area contributed by atoms with E-state index in [2.05, 4.69) is 5.32 Å². The molecule has 0 saturated heterocycles. The highest BCUT2D eigenvalue weighted by Crippen LogP contribution is 2.31. The van der Waals surface area contributed by atoms with Crippen LogP contribution in [-0.4, -0.2) is 46.9 Å². The molecule has 0 atom stereocenters. The molecule has 0 bridgehead atoms. The zero-order valence-corrected chi connectivity index (χ0v) is 16.2. The predicted molar refractivity (Wildman–Crippen MR) is 104 cm³/mol. The number of anilines is 1. The molecular weight excluding hydrogens is 362 g/mol. The Bertz CT molecular complexity index is 741. The minimum Gasteiger partial charge on any atom is -0.452 e. The van der Waals surface area contributed by atoms with E-state index in [0.717, 1.165) is 38.5 Å². The highest BCUT2D eigenvalue weighted by Gasteiger charge is 2.27. The Labute approximate surface area is 164 Å². The highest BCUT2D eigenvalue weighted by molar-refractivity contribution is 5.93. The van der Waals surface area contributed by atoms with Gasteiger partial charge in [0.15, 0.2) is 6.61 Å². The number of benzene rings is 1. The second-order valence-corrected chi connectivity index (χ2v) is 7.46. The molecule has 0 aliphatic heterocycles. The van der Waals surface area contributed by atoms with E-state index in [0.29, 0.717) is 12.2 Å². The van der Waals surface area contributed by atoms with Gasteiger partial charge in [0.25, 0.3) is 11.6 Å². The van der Waals surface area contributed by atoms with E-state index in [9.17, 15) is 19.7 Å². The fraction of sp³-hybridized carbons (Fsp3) is 0.600. The number of amides is 1. The van der Waals surface area contributed by atoms with E-state index >= 15 is 0 Å². The van der Waals surface area contributed by atoms with Crippen molar-refractivity contribution in [2.75, 3.05) is 18.5 Å². The lowest BCUT2D eigenvalue weighted by Crippen LogP contribution is -2.43. The van der Waals surface area contributed by atoms with Gasteiger partial charge in [-0.3, -0.25) is 14.9 Å². The molecule has 2 aliphatic carbocycles. The zero-order chi connectivity index (χ0) is 20.1. The SMILES string of the molecule is CCN(C(=O)COC(=O)c1ccc(NC2CC2)c([N+](=O)[O-])c1)C1CCCCC1. The number of esters is 1. The molecule has 2 fully saturated rings. The molecule has 2 aliphatic rings. The van der Waals surface area contributed by atoms with E-state index in [1.54, 1.807) is 4.90 Å². The number of rotatable bonds is 8. The number of ether oxygens (including phenoxy) is 1. The number of nitrogens with one attached hydrogen (secondary N) is 1. The molecule has 0 unspecified atom stereocenters. The fourth-order valence-corrected chi connectivity index (χ4v) is 3.70. The topological polar surface area (TPSA) is 102 Å². The van der Waals surface area contributed by atoms with Crippen molar-refractivity contribution in [2.24, 2.45) is 0 Å². The van der Waals surface area contributed by atoms with Gasteiger partial charge in [-0.25, -0.2) is 4.79 Å². The average Bonchev–Trinajstić information content (AvgIpc) is 3.51. The van der Waals surface area contributed by atoms with Gasteiger partial charge in [-0.1, -0.05) is 19.3 Å². The summed E-state index contributed by atoms with van der Waals surface area (Å²) >= 11 is 0. The number of nitro groups is 1. The second-order valence-electron chi connectivity index (χ2n) is 7.46. The predicted octanol–water partition coefficient (Wildman–Crippen LogP) is 3.51. The Morgan fingerprint density at radius 2 is 1.93 bits per heavy atom. The van der Waals surface area contributed by atoms with E-state index in [-0.39, 0.29) is 35.8 Å². The van der Waals surface area contributed by atoms with Crippen molar-refractivity contribution in [3.05, 3.63) is 33.9 Å². The van der Waals surface area contributed by atoms with Crippen LogP contribution in [-0.2, 0) is 9.53 Å². The Kier molecular flexibility index (Phi) is 6.49. The van der Waals surface area contributed by atoms with Crippen LogP contribution in [0.25, 0.3) is 0 Å². The maximum absolute atomic E-state index is 12.5. The molecule has 8 heteroatoms. The van der Waals surface area contributed by atoms with Crippen molar-refractivity contribution in [1.82, 2.24) is 4.90 Å². The number of carbonyl (C=O) groups excluding carboxylic acids is 2. The Morgan fingerprint density at radius 1 is 1.21 bits per heavy atom. The molecule has 1 N–H and O–H groups in total. The number of likely N-dealkylation sites (N-methyl/N-ethyl adjacent to an activating group) is 1. The molecule has 28 heavy (non-hydrogen) atoms. The van der Waals surface area contributed by atoms with Gasteiger partial charge in [0, 0.05) is 24.7 Å². The largest absolute Gasteiger partial charge is 0.452 e. The molecule has 0 radical (unpaired) electrons. The Morgan fingerprint density at radius 3 is 2.54 bits per heavy atom. The van der Waals surface area contributed by atoms with Crippen LogP contribution >= 0.6 is 0 Å². The third kappa shape index (κ3) is 4.99. The smallest absolute Gasteiger partial charge is 0.338 e. The molecule has 8 nitrogen and oxygen atoms in total. The minimum absolute atomic E-state index is 0.0709. The molecule has 1 aromatic rings. The quantitative estimate of drug-likeness (QED) is 0.415. The molecule has 0 heterocycles. The number of hydrogen-bond donors (Lipinski definition) is 1. The van der Waals surface area contributed by atoms with Crippen molar-refractivity contribution in [3.8, 4) is 0 Å². The lowest BCUT2D eigenvalue weighted by molar-refractivity contribution is -0.384. The lowest BCUT2D eigenvalue weighted by Gasteiger charge is -2.33. The number of nitrogens with zero attached hydrogens (tertiary/aromatic N) is 2. The summed E-state index contributed by atoms with van der Waals surface area (Å²) in [5, 5.41) is 14.4. The molecule has 0 spiro atoms.